The highest BCUT2D eigenvalue weighted by Crippen LogP contribution is 2.30. The summed E-state index contributed by atoms with van der Waals surface area (Å²) >= 11 is 0. The Kier molecular flexibility index (Phi) is 3.97. The third-order valence-electron chi connectivity index (χ3n) is 4.28. The summed E-state index contributed by atoms with van der Waals surface area (Å²) in [5.41, 5.74) is 7.15. The molecule has 0 radical (unpaired) electrons. The molecule has 0 unspecified atom stereocenters. The first-order valence-corrected chi connectivity index (χ1v) is 7.85. The maximum atomic E-state index is 5.72. The Balaban J connectivity index is 2.05. The highest BCUT2D eigenvalue weighted by atomic mass is 15.2. The lowest BCUT2D eigenvalue weighted by atomic mass is 10.0. The molecule has 3 rings (SSSR count). The Bertz CT molecular complexity index is 630. The van der Waals surface area contributed by atoms with E-state index in [1.165, 1.54) is 24.9 Å². The number of hydrogen-bond donors (Lipinski definition) is 2. The molecule has 3 N–H and O–H groups in total. The third-order valence-corrected chi connectivity index (χ3v) is 4.28. The summed E-state index contributed by atoms with van der Waals surface area (Å²) < 4.78 is 0. The van der Waals surface area contributed by atoms with E-state index in [0.29, 0.717) is 5.92 Å². The number of nitrogen functional groups attached to an aromatic ring is 1. The molecular weight excluding hydrogens is 260 g/mol. The van der Waals surface area contributed by atoms with Gasteiger partial charge in [-0.2, -0.15) is 0 Å². The van der Waals surface area contributed by atoms with Gasteiger partial charge in [-0.1, -0.05) is 13.8 Å². The van der Waals surface area contributed by atoms with Gasteiger partial charge in [0.05, 0.1) is 11.2 Å². The minimum Gasteiger partial charge on any atom is -0.372 e. The van der Waals surface area contributed by atoms with Crippen LogP contribution in [0.15, 0.2) is 24.3 Å². The SMILES string of the molecule is CC(C)c1cc(NN)c2cc(N3CCCCC3)ccc2n1. The van der Waals surface area contributed by atoms with Crippen molar-refractivity contribution in [2.24, 2.45) is 5.84 Å². The van der Waals surface area contributed by atoms with Crippen LogP contribution in [0.4, 0.5) is 11.4 Å². The van der Waals surface area contributed by atoms with Crippen molar-refractivity contribution in [1.29, 1.82) is 0 Å². The Labute approximate surface area is 126 Å². The van der Waals surface area contributed by atoms with Crippen molar-refractivity contribution in [3.8, 4) is 0 Å². The molecule has 1 aromatic carbocycles. The minimum atomic E-state index is 0.392. The zero-order valence-corrected chi connectivity index (χ0v) is 12.9. The number of nitrogens with two attached hydrogens (primary N) is 1. The largest absolute Gasteiger partial charge is 0.372 e. The van der Waals surface area contributed by atoms with Gasteiger partial charge in [0.2, 0.25) is 0 Å². The molecule has 1 aliphatic rings. The fourth-order valence-corrected chi connectivity index (χ4v) is 3.00. The van der Waals surface area contributed by atoms with Crippen molar-refractivity contribution < 1.29 is 0 Å². The van der Waals surface area contributed by atoms with Crippen LogP contribution in [0.25, 0.3) is 10.9 Å². The lowest BCUT2D eigenvalue weighted by Gasteiger charge is -2.29. The standard InChI is InChI=1S/C17H24N4/c1-12(2)16-11-17(20-18)14-10-13(6-7-15(14)19-16)21-8-4-3-5-9-21/h6-7,10-12H,3-5,8-9,18H2,1-2H3,(H,19,20). The van der Waals surface area contributed by atoms with E-state index >= 15 is 0 Å². The summed E-state index contributed by atoms with van der Waals surface area (Å²) in [5.74, 6) is 6.11. The van der Waals surface area contributed by atoms with Crippen LogP contribution in [0.1, 0.15) is 44.7 Å². The molecule has 2 heterocycles. The molecule has 1 saturated heterocycles. The number of hydrazine groups is 1. The van der Waals surface area contributed by atoms with Gasteiger partial charge in [-0.3, -0.25) is 10.8 Å². The van der Waals surface area contributed by atoms with Crippen molar-refractivity contribution in [3.63, 3.8) is 0 Å². The van der Waals surface area contributed by atoms with Crippen LogP contribution in [0, 0.1) is 0 Å². The van der Waals surface area contributed by atoms with Crippen molar-refractivity contribution in [2.75, 3.05) is 23.4 Å². The molecule has 4 nitrogen and oxygen atoms in total. The van der Waals surface area contributed by atoms with Gasteiger partial charge in [0.1, 0.15) is 0 Å². The van der Waals surface area contributed by atoms with Gasteiger partial charge < -0.3 is 10.3 Å². The van der Waals surface area contributed by atoms with Crippen LogP contribution in [0.3, 0.4) is 0 Å². The predicted octanol–water partition coefficient (Wildman–Crippen LogP) is 3.63. The Morgan fingerprint density at radius 3 is 2.57 bits per heavy atom. The summed E-state index contributed by atoms with van der Waals surface area (Å²) in [7, 11) is 0. The molecule has 21 heavy (non-hydrogen) atoms. The van der Waals surface area contributed by atoms with Crippen LogP contribution >= 0.6 is 0 Å². The molecular formula is C17H24N4. The molecule has 1 aromatic heterocycles. The molecule has 0 aliphatic carbocycles. The van der Waals surface area contributed by atoms with Crippen molar-refractivity contribution in [1.82, 2.24) is 4.98 Å². The number of nitrogens with one attached hydrogen (secondary N) is 1. The number of hydrogen-bond acceptors (Lipinski definition) is 4. The zero-order valence-electron chi connectivity index (χ0n) is 12.9. The number of aromatic nitrogens is 1. The molecule has 0 bridgehead atoms. The quantitative estimate of drug-likeness (QED) is 0.667. The summed E-state index contributed by atoms with van der Waals surface area (Å²) in [4.78, 5) is 7.21. The molecule has 112 valence electrons. The zero-order chi connectivity index (χ0) is 14.8. The maximum Gasteiger partial charge on any atom is 0.0728 e. The number of rotatable bonds is 3. The average Bonchev–Trinajstić information content (AvgIpc) is 2.54. The number of anilines is 2. The van der Waals surface area contributed by atoms with E-state index in [1.54, 1.807) is 0 Å². The Morgan fingerprint density at radius 1 is 1.14 bits per heavy atom. The molecule has 0 spiro atoms. The van der Waals surface area contributed by atoms with Crippen molar-refractivity contribution in [2.45, 2.75) is 39.0 Å². The van der Waals surface area contributed by atoms with E-state index in [4.69, 9.17) is 10.8 Å². The molecule has 0 amide bonds. The average molecular weight is 284 g/mol. The van der Waals surface area contributed by atoms with Crippen LogP contribution in [-0.2, 0) is 0 Å². The second-order valence-corrected chi connectivity index (χ2v) is 6.14. The number of benzene rings is 1. The fourth-order valence-electron chi connectivity index (χ4n) is 3.00. The lowest BCUT2D eigenvalue weighted by molar-refractivity contribution is 0.578. The van der Waals surface area contributed by atoms with Gasteiger partial charge in [0, 0.05) is 29.9 Å². The van der Waals surface area contributed by atoms with Crippen LogP contribution in [0.2, 0.25) is 0 Å². The molecule has 0 atom stereocenters. The lowest BCUT2D eigenvalue weighted by Crippen LogP contribution is -2.29. The summed E-state index contributed by atoms with van der Waals surface area (Å²) in [5, 5.41) is 1.10. The molecule has 1 aliphatic heterocycles. The topological polar surface area (TPSA) is 54.2 Å². The summed E-state index contributed by atoms with van der Waals surface area (Å²) in [6.45, 7) is 6.59. The summed E-state index contributed by atoms with van der Waals surface area (Å²) in [6.07, 6.45) is 3.91. The van der Waals surface area contributed by atoms with Gasteiger partial charge in [-0.25, -0.2) is 0 Å². The van der Waals surface area contributed by atoms with Gasteiger partial charge in [0.15, 0.2) is 0 Å². The van der Waals surface area contributed by atoms with E-state index in [1.807, 2.05) is 0 Å². The van der Waals surface area contributed by atoms with E-state index in [0.717, 1.165) is 35.4 Å². The van der Waals surface area contributed by atoms with Crippen molar-refractivity contribution in [3.05, 3.63) is 30.0 Å². The van der Waals surface area contributed by atoms with Crippen LogP contribution < -0.4 is 16.2 Å². The highest BCUT2D eigenvalue weighted by molar-refractivity contribution is 5.93. The first-order valence-electron chi connectivity index (χ1n) is 7.85. The van der Waals surface area contributed by atoms with Gasteiger partial charge in [-0.05, 0) is 49.4 Å². The third kappa shape index (κ3) is 2.81. The highest BCUT2D eigenvalue weighted by Gasteiger charge is 2.13. The fraction of sp³-hybridized carbons (Fsp3) is 0.471. The van der Waals surface area contributed by atoms with Crippen LogP contribution in [0.5, 0.6) is 0 Å². The molecule has 4 heteroatoms. The normalized spacial score (nSPS) is 15.7. The number of nitrogens with zero attached hydrogens (tertiary/aromatic N) is 2. The molecule has 0 saturated carbocycles. The maximum absolute atomic E-state index is 5.72. The number of piperidine rings is 1. The van der Waals surface area contributed by atoms with E-state index < -0.39 is 0 Å². The first kappa shape index (κ1) is 14.1. The Morgan fingerprint density at radius 2 is 1.90 bits per heavy atom. The monoisotopic (exact) mass is 284 g/mol. The van der Waals surface area contributed by atoms with Crippen molar-refractivity contribution >= 4 is 22.3 Å². The van der Waals surface area contributed by atoms with E-state index in [-0.39, 0.29) is 0 Å². The van der Waals surface area contributed by atoms with Crippen LogP contribution in [-0.4, -0.2) is 18.1 Å². The van der Waals surface area contributed by atoms with Gasteiger partial charge >= 0.3 is 0 Å². The number of pyridine rings is 1. The smallest absolute Gasteiger partial charge is 0.0728 e. The van der Waals surface area contributed by atoms with Gasteiger partial charge in [-0.15, -0.1) is 0 Å². The molecule has 1 fully saturated rings. The first-order chi connectivity index (χ1) is 10.2. The predicted molar refractivity (Wildman–Crippen MR) is 89.7 cm³/mol. The minimum absolute atomic E-state index is 0.392. The Hall–Kier alpha value is -1.81. The number of fused-ring (bicyclic) bond motifs is 1. The van der Waals surface area contributed by atoms with E-state index in [2.05, 4.69) is 48.4 Å². The summed E-state index contributed by atoms with van der Waals surface area (Å²) in [6, 6.07) is 8.58. The second-order valence-electron chi connectivity index (χ2n) is 6.14. The van der Waals surface area contributed by atoms with E-state index in [9.17, 15) is 0 Å². The van der Waals surface area contributed by atoms with Gasteiger partial charge in [0.25, 0.3) is 0 Å². The molecule has 2 aromatic rings. The second kappa shape index (κ2) is 5.90.